The molecule has 0 fully saturated rings. The van der Waals surface area contributed by atoms with E-state index in [0.717, 1.165) is 25.7 Å². The van der Waals surface area contributed by atoms with Crippen molar-refractivity contribution in [2.45, 2.75) is 32.6 Å². The van der Waals surface area contributed by atoms with E-state index < -0.39 is 0 Å². The highest BCUT2D eigenvalue weighted by atomic mass is 15.3. The second kappa shape index (κ2) is 6.62. The van der Waals surface area contributed by atoms with Gasteiger partial charge in [0, 0.05) is 11.4 Å². The van der Waals surface area contributed by atoms with Crippen LogP contribution in [0.4, 0.5) is 22.7 Å². The highest BCUT2D eigenvalue weighted by Crippen LogP contribution is 2.52. The monoisotopic (exact) mass is 352 g/mol. The lowest BCUT2D eigenvalue weighted by Gasteiger charge is -2.42. The van der Waals surface area contributed by atoms with Crippen LogP contribution in [0.3, 0.4) is 0 Å². The molecule has 0 radical (unpaired) electrons. The van der Waals surface area contributed by atoms with E-state index in [0.29, 0.717) is 0 Å². The van der Waals surface area contributed by atoms with Gasteiger partial charge in [-0.3, -0.25) is 0 Å². The molecule has 2 aromatic carbocycles. The Morgan fingerprint density at radius 2 is 1.22 bits per heavy atom. The molecule has 2 nitrogen and oxygen atoms in total. The van der Waals surface area contributed by atoms with E-state index in [1.54, 1.807) is 0 Å². The highest BCUT2D eigenvalue weighted by molar-refractivity contribution is 5.97. The summed E-state index contributed by atoms with van der Waals surface area (Å²) in [6, 6.07) is 15.7. The van der Waals surface area contributed by atoms with Crippen LogP contribution in [-0.2, 0) is 0 Å². The van der Waals surface area contributed by atoms with Crippen LogP contribution in [0.25, 0.3) is 0 Å². The third-order valence-corrected chi connectivity index (χ3v) is 5.53. The van der Waals surface area contributed by atoms with Gasteiger partial charge in [0.15, 0.2) is 0 Å². The predicted molar refractivity (Wildman–Crippen MR) is 115 cm³/mol. The van der Waals surface area contributed by atoms with Gasteiger partial charge >= 0.3 is 0 Å². The molecule has 0 saturated carbocycles. The number of hydrogen-bond donors (Lipinski definition) is 0. The minimum atomic E-state index is 1.07. The van der Waals surface area contributed by atoms with E-state index in [1.807, 2.05) is 0 Å². The molecule has 0 atom stereocenters. The largest absolute Gasteiger partial charge is 0.310 e. The Bertz CT molecular complexity index is 1010. The number of fused-ring (bicyclic) bond motifs is 2. The van der Waals surface area contributed by atoms with Crippen molar-refractivity contribution < 1.29 is 0 Å². The van der Waals surface area contributed by atoms with Crippen LogP contribution in [0.1, 0.15) is 31.2 Å². The standard InChI is InChI=1S/C25H24N2/c1-19-16-17-24-25(18-19)27(21-12-6-3-7-13-21)23-15-9-8-14-22(23)26(24)20-10-4-2-5-11-20/h2-4,6,8-10,12,14-18H,5,7,11,13H2,1H3. The van der Waals surface area contributed by atoms with Crippen molar-refractivity contribution in [2.75, 3.05) is 9.80 Å². The Kier molecular flexibility index (Phi) is 3.97. The minimum Gasteiger partial charge on any atom is -0.310 e. The number of hydrogen-bond acceptors (Lipinski definition) is 2. The number of rotatable bonds is 2. The average Bonchev–Trinajstić information content (AvgIpc) is 2.73. The molecule has 0 saturated heterocycles. The first-order valence-electron chi connectivity index (χ1n) is 9.84. The van der Waals surface area contributed by atoms with Crippen molar-refractivity contribution in [1.82, 2.24) is 0 Å². The number of allylic oxidation sites excluding steroid dienone is 8. The van der Waals surface area contributed by atoms with Gasteiger partial charge in [0.2, 0.25) is 0 Å². The fourth-order valence-electron chi connectivity index (χ4n) is 4.27. The normalized spacial score (nSPS) is 18.0. The molecule has 0 amide bonds. The summed E-state index contributed by atoms with van der Waals surface area (Å²) in [6.07, 6.45) is 17.8. The molecule has 0 unspecified atom stereocenters. The summed E-state index contributed by atoms with van der Waals surface area (Å²) in [5.74, 6) is 0. The molecule has 2 aliphatic carbocycles. The van der Waals surface area contributed by atoms with Gasteiger partial charge < -0.3 is 9.80 Å². The summed E-state index contributed by atoms with van der Waals surface area (Å²) in [5, 5.41) is 0. The summed E-state index contributed by atoms with van der Waals surface area (Å²) in [7, 11) is 0. The van der Waals surface area contributed by atoms with Crippen molar-refractivity contribution in [1.29, 1.82) is 0 Å². The second-order valence-electron chi connectivity index (χ2n) is 7.40. The van der Waals surface area contributed by atoms with Gasteiger partial charge in [-0.1, -0.05) is 42.5 Å². The van der Waals surface area contributed by atoms with Crippen molar-refractivity contribution in [3.63, 3.8) is 0 Å². The Hall–Kier alpha value is -3.00. The number of benzene rings is 2. The van der Waals surface area contributed by atoms with Crippen LogP contribution in [0.2, 0.25) is 0 Å². The van der Waals surface area contributed by atoms with E-state index in [2.05, 4.69) is 95.6 Å². The number of anilines is 4. The van der Waals surface area contributed by atoms with Crippen LogP contribution in [0, 0.1) is 6.92 Å². The highest BCUT2D eigenvalue weighted by Gasteiger charge is 2.31. The smallest absolute Gasteiger partial charge is 0.0702 e. The molecule has 27 heavy (non-hydrogen) atoms. The third-order valence-electron chi connectivity index (χ3n) is 5.53. The van der Waals surface area contributed by atoms with E-state index in [4.69, 9.17) is 0 Å². The summed E-state index contributed by atoms with van der Waals surface area (Å²) < 4.78 is 0. The zero-order valence-electron chi connectivity index (χ0n) is 15.7. The molecule has 0 N–H and O–H groups in total. The molecule has 1 aliphatic heterocycles. The summed E-state index contributed by atoms with van der Waals surface area (Å²) in [4.78, 5) is 4.93. The van der Waals surface area contributed by atoms with Gasteiger partial charge in [-0.2, -0.15) is 0 Å². The van der Waals surface area contributed by atoms with Gasteiger partial charge in [0.25, 0.3) is 0 Å². The third kappa shape index (κ3) is 2.73. The number of aryl methyl sites for hydroxylation is 1. The first-order chi connectivity index (χ1) is 13.3. The zero-order valence-corrected chi connectivity index (χ0v) is 15.7. The summed E-state index contributed by atoms with van der Waals surface area (Å²) in [6.45, 7) is 2.18. The second-order valence-corrected chi connectivity index (χ2v) is 7.40. The van der Waals surface area contributed by atoms with Crippen molar-refractivity contribution in [2.24, 2.45) is 0 Å². The zero-order chi connectivity index (χ0) is 18.2. The lowest BCUT2D eigenvalue weighted by Crippen LogP contribution is -2.29. The molecular formula is C25H24N2. The molecule has 5 rings (SSSR count). The molecule has 1 heterocycles. The predicted octanol–water partition coefficient (Wildman–Crippen LogP) is 7.05. The molecule has 0 spiro atoms. The Balaban J connectivity index is 1.76. The minimum absolute atomic E-state index is 1.07. The van der Waals surface area contributed by atoms with Crippen LogP contribution in [0.15, 0.2) is 90.3 Å². The first-order valence-corrected chi connectivity index (χ1v) is 9.84. The van der Waals surface area contributed by atoms with Gasteiger partial charge in [-0.25, -0.2) is 0 Å². The van der Waals surface area contributed by atoms with Gasteiger partial charge in [0.1, 0.15) is 0 Å². The topological polar surface area (TPSA) is 6.48 Å². The SMILES string of the molecule is Cc1ccc2c(c1)N(C1=CC=CCC1)c1ccccc1N2C1=CC=CCC1. The maximum Gasteiger partial charge on any atom is 0.0702 e. The van der Waals surface area contributed by atoms with Gasteiger partial charge in [-0.15, -0.1) is 0 Å². The maximum atomic E-state index is 2.47. The van der Waals surface area contributed by atoms with Crippen LogP contribution >= 0.6 is 0 Å². The lowest BCUT2D eigenvalue weighted by molar-refractivity contribution is 0.887. The van der Waals surface area contributed by atoms with Crippen molar-refractivity contribution in [3.8, 4) is 0 Å². The van der Waals surface area contributed by atoms with E-state index in [1.165, 1.54) is 39.7 Å². The van der Waals surface area contributed by atoms with Gasteiger partial charge in [0.05, 0.1) is 22.7 Å². The van der Waals surface area contributed by atoms with Crippen molar-refractivity contribution in [3.05, 3.63) is 95.9 Å². The number of nitrogens with zero attached hydrogens (tertiary/aromatic N) is 2. The average molecular weight is 352 g/mol. The summed E-state index contributed by atoms with van der Waals surface area (Å²) >= 11 is 0. The van der Waals surface area contributed by atoms with Crippen molar-refractivity contribution >= 4 is 22.7 Å². The Labute approximate surface area is 161 Å². The van der Waals surface area contributed by atoms with E-state index in [-0.39, 0.29) is 0 Å². The summed E-state index contributed by atoms with van der Waals surface area (Å²) in [5.41, 5.74) is 9.13. The molecular weight excluding hydrogens is 328 g/mol. The van der Waals surface area contributed by atoms with Crippen LogP contribution in [-0.4, -0.2) is 0 Å². The molecule has 2 heteroatoms. The quantitative estimate of drug-likeness (QED) is 0.571. The first kappa shape index (κ1) is 16.2. The molecule has 0 bridgehead atoms. The van der Waals surface area contributed by atoms with E-state index >= 15 is 0 Å². The molecule has 0 aromatic heterocycles. The Morgan fingerprint density at radius 1 is 0.667 bits per heavy atom. The number of para-hydroxylation sites is 2. The lowest BCUT2D eigenvalue weighted by atomic mass is 9.99. The fraction of sp³-hybridized carbons (Fsp3) is 0.200. The molecule has 3 aliphatic rings. The molecule has 134 valence electrons. The van der Waals surface area contributed by atoms with Crippen LogP contribution < -0.4 is 9.80 Å². The fourth-order valence-corrected chi connectivity index (χ4v) is 4.27. The molecule has 2 aromatic rings. The van der Waals surface area contributed by atoms with Crippen LogP contribution in [0.5, 0.6) is 0 Å². The Morgan fingerprint density at radius 3 is 1.78 bits per heavy atom. The van der Waals surface area contributed by atoms with E-state index in [9.17, 15) is 0 Å². The maximum absolute atomic E-state index is 2.47. The van der Waals surface area contributed by atoms with Gasteiger partial charge in [-0.05, 0) is 74.6 Å².